The third-order valence-corrected chi connectivity index (χ3v) is 3.97. The lowest BCUT2D eigenvalue weighted by Gasteiger charge is -2.14. The number of hydrogen-bond donors (Lipinski definition) is 2. The van der Waals surface area contributed by atoms with Gasteiger partial charge in [-0.2, -0.15) is 0 Å². The molecule has 8 nitrogen and oxygen atoms in total. The molecular weight excluding hydrogens is 362 g/mol. The maximum atomic E-state index is 12.9. The summed E-state index contributed by atoms with van der Waals surface area (Å²) >= 11 is 0. The van der Waals surface area contributed by atoms with Crippen LogP contribution in [0.15, 0.2) is 65.6 Å². The molecule has 0 radical (unpaired) electrons. The summed E-state index contributed by atoms with van der Waals surface area (Å²) < 4.78 is 6.27. The van der Waals surface area contributed by atoms with Crippen molar-refractivity contribution in [1.82, 2.24) is 9.55 Å². The molecule has 2 aromatic carbocycles. The Labute approximate surface area is 160 Å². The van der Waals surface area contributed by atoms with Crippen molar-refractivity contribution in [1.29, 1.82) is 0 Å². The van der Waals surface area contributed by atoms with Crippen molar-refractivity contribution in [2.24, 2.45) is 0 Å². The summed E-state index contributed by atoms with van der Waals surface area (Å²) in [6, 6.07) is 15.2. The number of nitrogens with zero attached hydrogens (tertiary/aromatic N) is 2. The fourth-order valence-electron chi connectivity index (χ4n) is 2.69. The molecule has 142 valence electrons. The Balaban J connectivity index is 2.07. The van der Waals surface area contributed by atoms with E-state index >= 15 is 0 Å². The molecule has 0 bridgehead atoms. The minimum Gasteiger partial charge on any atom is -0.496 e. The molecular formula is C20H17N3O5. The van der Waals surface area contributed by atoms with Gasteiger partial charge in [-0.25, -0.2) is 4.98 Å². The smallest absolute Gasteiger partial charge is 0.323 e. The van der Waals surface area contributed by atoms with E-state index in [1.165, 1.54) is 13.3 Å². The third kappa shape index (κ3) is 3.90. The zero-order chi connectivity index (χ0) is 20.1. The van der Waals surface area contributed by atoms with E-state index in [2.05, 4.69) is 10.3 Å². The second kappa shape index (κ2) is 8.17. The van der Waals surface area contributed by atoms with Gasteiger partial charge in [-0.15, -0.1) is 0 Å². The van der Waals surface area contributed by atoms with Crippen LogP contribution in [0, 0.1) is 0 Å². The highest BCUT2D eigenvalue weighted by atomic mass is 16.5. The van der Waals surface area contributed by atoms with Crippen LogP contribution in [-0.4, -0.2) is 33.6 Å². The Bertz CT molecular complexity index is 1080. The molecule has 3 aromatic rings. The Morgan fingerprint density at radius 1 is 1.11 bits per heavy atom. The molecule has 8 heteroatoms. The van der Waals surface area contributed by atoms with Gasteiger partial charge in [0.15, 0.2) is 0 Å². The van der Waals surface area contributed by atoms with E-state index in [1.807, 2.05) is 0 Å². The number of anilines is 1. The molecule has 0 unspecified atom stereocenters. The number of nitrogens with one attached hydrogen (secondary N) is 1. The minimum absolute atomic E-state index is 0.117. The first-order valence-electron chi connectivity index (χ1n) is 8.32. The van der Waals surface area contributed by atoms with Crippen LogP contribution in [0.5, 0.6) is 5.75 Å². The Morgan fingerprint density at radius 2 is 1.79 bits per heavy atom. The van der Waals surface area contributed by atoms with Crippen LogP contribution >= 0.6 is 0 Å². The molecule has 0 atom stereocenters. The molecule has 0 fully saturated rings. The number of benzene rings is 2. The monoisotopic (exact) mass is 379 g/mol. The average Bonchev–Trinajstić information content (AvgIpc) is 2.71. The number of rotatable bonds is 6. The lowest BCUT2D eigenvalue weighted by molar-refractivity contribution is -0.137. The van der Waals surface area contributed by atoms with Crippen molar-refractivity contribution in [2.45, 2.75) is 6.54 Å². The molecule has 28 heavy (non-hydrogen) atoms. The van der Waals surface area contributed by atoms with Crippen LogP contribution in [0.4, 0.5) is 5.69 Å². The van der Waals surface area contributed by atoms with Gasteiger partial charge in [0.25, 0.3) is 11.5 Å². The van der Waals surface area contributed by atoms with E-state index in [1.54, 1.807) is 54.6 Å². The van der Waals surface area contributed by atoms with Crippen molar-refractivity contribution in [2.75, 3.05) is 12.4 Å². The predicted octanol–water partition coefficient (Wildman–Crippen LogP) is 2.26. The number of hydrogen-bond acceptors (Lipinski definition) is 5. The van der Waals surface area contributed by atoms with Crippen LogP contribution in [0.25, 0.3) is 11.4 Å². The molecule has 0 aliphatic heterocycles. The molecule has 0 aliphatic carbocycles. The SMILES string of the molecule is COc1ccccc1-c1ncc(NC(=O)c2ccccc2)c(=O)n1CC(=O)O. The normalized spacial score (nSPS) is 10.3. The Hall–Kier alpha value is -3.94. The first-order valence-corrected chi connectivity index (χ1v) is 8.32. The summed E-state index contributed by atoms with van der Waals surface area (Å²) in [5.74, 6) is -1.14. The van der Waals surface area contributed by atoms with Crippen molar-refractivity contribution in [3.63, 3.8) is 0 Å². The van der Waals surface area contributed by atoms with Crippen LogP contribution in [-0.2, 0) is 11.3 Å². The summed E-state index contributed by atoms with van der Waals surface area (Å²) in [5.41, 5.74) is 0.0288. The summed E-state index contributed by atoms with van der Waals surface area (Å²) in [6.45, 7) is -0.617. The van der Waals surface area contributed by atoms with Crippen LogP contribution < -0.4 is 15.6 Å². The fraction of sp³-hybridized carbons (Fsp3) is 0.100. The van der Waals surface area contributed by atoms with Gasteiger partial charge in [-0.1, -0.05) is 30.3 Å². The fourth-order valence-corrected chi connectivity index (χ4v) is 2.69. The van der Waals surface area contributed by atoms with Crippen LogP contribution in [0.3, 0.4) is 0 Å². The van der Waals surface area contributed by atoms with Crippen molar-refractivity contribution < 1.29 is 19.4 Å². The van der Waals surface area contributed by atoms with Crippen molar-refractivity contribution >= 4 is 17.6 Å². The van der Waals surface area contributed by atoms with Gasteiger partial charge in [-0.3, -0.25) is 19.0 Å². The van der Waals surface area contributed by atoms with Gasteiger partial charge in [0.2, 0.25) is 0 Å². The molecule has 0 saturated heterocycles. The molecule has 2 N–H and O–H groups in total. The lowest BCUT2D eigenvalue weighted by Crippen LogP contribution is -2.30. The van der Waals surface area contributed by atoms with E-state index in [4.69, 9.17) is 4.74 Å². The molecule has 1 aromatic heterocycles. The molecule has 1 amide bonds. The molecule has 0 spiro atoms. The minimum atomic E-state index is -1.22. The van der Waals surface area contributed by atoms with E-state index in [0.29, 0.717) is 16.9 Å². The number of ether oxygens (including phenoxy) is 1. The maximum absolute atomic E-state index is 12.9. The van der Waals surface area contributed by atoms with Gasteiger partial charge in [-0.05, 0) is 24.3 Å². The van der Waals surface area contributed by atoms with Gasteiger partial charge in [0.05, 0.1) is 18.9 Å². The summed E-state index contributed by atoms with van der Waals surface area (Å²) in [5, 5.41) is 11.7. The number of carboxylic acid groups (broad SMARTS) is 1. The number of methoxy groups -OCH3 is 1. The molecule has 3 rings (SSSR count). The number of carbonyl (C=O) groups is 2. The second-order valence-electron chi connectivity index (χ2n) is 5.80. The van der Waals surface area contributed by atoms with E-state index in [0.717, 1.165) is 4.57 Å². The first kappa shape index (κ1) is 18.8. The highest BCUT2D eigenvalue weighted by Gasteiger charge is 2.18. The third-order valence-electron chi connectivity index (χ3n) is 3.97. The largest absolute Gasteiger partial charge is 0.496 e. The van der Waals surface area contributed by atoms with E-state index in [9.17, 15) is 19.5 Å². The second-order valence-corrected chi connectivity index (χ2v) is 5.80. The number of carboxylic acids is 1. The molecule has 0 aliphatic rings. The molecule has 1 heterocycles. The first-order chi connectivity index (χ1) is 13.5. The van der Waals surface area contributed by atoms with Gasteiger partial charge < -0.3 is 15.2 Å². The number of para-hydroxylation sites is 1. The Kier molecular flexibility index (Phi) is 5.50. The predicted molar refractivity (Wildman–Crippen MR) is 103 cm³/mol. The maximum Gasteiger partial charge on any atom is 0.323 e. The number of aromatic nitrogens is 2. The summed E-state index contributed by atoms with van der Waals surface area (Å²) in [6.07, 6.45) is 1.21. The van der Waals surface area contributed by atoms with Crippen molar-refractivity contribution in [3.05, 3.63) is 76.7 Å². The highest BCUT2D eigenvalue weighted by molar-refractivity contribution is 6.04. The summed E-state index contributed by atoms with van der Waals surface area (Å²) in [4.78, 5) is 40.7. The van der Waals surface area contributed by atoms with E-state index in [-0.39, 0.29) is 11.5 Å². The lowest BCUT2D eigenvalue weighted by atomic mass is 10.1. The topological polar surface area (TPSA) is 111 Å². The zero-order valence-corrected chi connectivity index (χ0v) is 15.0. The Morgan fingerprint density at radius 3 is 2.46 bits per heavy atom. The van der Waals surface area contributed by atoms with Gasteiger partial charge in [0, 0.05) is 5.56 Å². The number of aliphatic carboxylic acids is 1. The van der Waals surface area contributed by atoms with Gasteiger partial charge >= 0.3 is 5.97 Å². The standard InChI is InChI=1S/C20H17N3O5/c1-28-16-10-6-5-9-14(16)18-21-11-15(20(27)23(18)12-17(24)25)22-19(26)13-7-3-2-4-8-13/h2-11H,12H2,1H3,(H,22,26)(H,24,25). The average molecular weight is 379 g/mol. The molecule has 0 saturated carbocycles. The van der Waals surface area contributed by atoms with Crippen molar-refractivity contribution in [3.8, 4) is 17.1 Å². The number of amides is 1. The quantitative estimate of drug-likeness (QED) is 0.680. The van der Waals surface area contributed by atoms with Crippen LogP contribution in [0.1, 0.15) is 10.4 Å². The number of carbonyl (C=O) groups excluding carboxylic acids is 1. The van der Waals surface area contributed by atoms with Crippen LogP contribution in [0.2, 0.25) is 0 Å². The highest BCUT2D eigenvalue weighted by Crippen LogP contribution is 2.27. The zero-order valence-electron chi connectivity index (χ0n) is 15.0. The van der Waals surface area contributed by atoms with Gasteiger partial charge in [0.1, 0.15) is 23.8 Å². The summed E-state index contributed by atoms with van der Waals surface area (Å²) in [7, 11) is 1.47. The van der Waals surface area contributed by atoms with E-state index < -0.39 is 24.0 Å².